The van der Waals surface area contributed by atoms with E-state index in [4.69, 9.17) is 0 Å². The third kappa shape index (κ3) is 4.47. The Bertz CT molecular complexity index is 724. The van der Waals surface area contributed by atoms with Gasteiger partial charge in [0.25, 0.3) is 5.78 Å². The molecular weight excluding hydrogens is 383 g/mol. The number of Topliss-reactive ketones (excluding diaryl/α,β-unsaturated/α-hetero) is 1. The lowest BCUT2D eigenvalue weighted by Gasteiger charge is -2.21. The molecule has 0 aliphatic rings. The number of rotatable bonds is 5. The van der Waals surface area contributed by atoms with E-state index in [1.165, 1.54) is 18.3 Å². The van der Waals surface area contributed by atoms with Crippen LogP contribution in [0.15, 0.2) is 65.3 Å². The molecule has 0 aromatic heterocycles. The lowest BCUT2D eigenvalue weighted by molar-refractivity contribution is -0.164. The van der Waals surface area contributed by atoms with Crippen molar-refractivity contribution in [1.82, 2.24) is 0 Å². The zero-order valence-corrected chi connectivity index (χ0v) is 14.4. The number of anilines is 1. The molecule has 126 valence electrons. The molecule has 0 aliphatic heterocycles. The van der Waals surface area contributed by atoms with Gasteiger partial charge in [0, 0.05) is 22.9 Å². The lowest BCUT2D eigenvalue weighted by atomic mass is 10.0. The molecule has 0 unspecified atom stereocenters. The van der Waals surface area contributed by atoms with Crippen LogP contribution in [0, 0.1) is 0 Å². The standard InChI is InChI=1S/C18H15BrF3NO/c1-2-23(15-6-4-3-5-7-15)12-16(17(24)18(20,21)22)13-8-10-14(19)11-9-13/h3-12H,2H2,1H3/b16-12-. The van der Waals surface area contributed by atoms with Gasteiger partial charge in [-0.2, -0.15) is 13.2 Å². The van der Waals surface area contributed by atoms with Gasteiger partial charge in [0.2, 0.25) is 0 Å². The summed E-state index contributed by atoms with van der Waals surface area (Å²) in [5, 5.41) is 0. The fourth-order valence-electron chi connectivity index (χ4n) is 2.17. The molecule has 0 atom stereocenters. The van der Waals surface area contributed by atoms with Crippen molar-refractivity contribution in [2.75, 3.05) is 11.4 Å². The van der Waals surface area contributed by atoms with Crippen LogP contribution in [0.4, 0.5) is 18.9 Å². The number of hydrogen-bond donors (Lipinski definition) is 0. The van der Waals surface area contributed by atoms with Crippen LogP contribution < -0.4 is 4.90 Å². The van der Waals surface area contributed by atoms with Crippen LogP contribution in [0.3, 0.4) is 0 Å². The van der Waals surface area contributed by atoms with Gasteiger partial charge >= 0.3 is 6.18 Å². The summed E-state index contributed by atoms with van der Waals surface area (Å²) < 4.78 is 39.7. The summed E-state index contributed by atoms with van der Waals surface area (Å²) in [6, 6.07) is 15.1. The number of alkyl halides is 3. The molecule has 2 aromatic rings. The van der Waals surface area contributed by atoms with Crippen molar-refractivity contribution in [3.8, 4) is 0 Å². The van der Waals surface area contributed by atoms with Gasteiger partial charge in [0.1, 0.15) is 0 Å². The molecule has 0 N–H and O–H groups in total. The van der Waals surface area contributed by atoms with Crippen molar-refractivity contribution >= 4 is 33.0 Å². The Kier molecular flexibility index (Phi) is 5.83. The van der Waals surface area contributed by atoms with Crippen molar-refractivity contribution in [3.05, 3.63) is 70.8 Å². The number of carbonyl (C=O) groups is 1. The largest absolute Gasteiger partial charge is 0.454 e. The number of ketones is 1. The molecule has 6 heteroatoms. The zero-order chi connectivity index (χ0) is 17.7. The minimum atomic E-state index is -4.94. The summed E-state index contributed by atoms with van der Waals surface area (Å²) in [6.45, 7) is 2.23. The highest BCUT2D eigenvalue weighted by atomic mass is 79.9. The molecule has 2 rings (SSSR count). The quantitative estimate of drug-likeness (QED) is 0.625. The van der Waals surface area contributed by atoms with Gasteiger partial charge in [0.15, 0.2) is 0 Å². The first-order valence-corrected chi connectivity index (χ1v) is 8.03. The van der Waals surface area contributed by atoms with Crippen LogP contribution in [0.5, 0.6) is 0 Å². The topological polar surface area (TPSA) is 20.3 Å². The van der Waals surface area contributed by atoms with E-state index in [-0.39, 0.29) is 11.1 Å². The van der Waals surface area contributed by atoms with Gasteiger partial charge in [-0.25, -0.2) is 0 Å². The molecule has 0 bridgehead atoms. The molecule has 0 saturated carbocycles. The first-order chi connectivity index (χ1) is 11.3. The van der Waals surface area contributed by atoms with Crippen molar-refractivity contribution in [3.63, 3.8) is 0 Å². The van der Waals surface area contributed by atoms with Crippen molar-refractivity contribution < 1.29 is 18.0 Å². The van der Waals surface area contributed by atoms with E-state index in [0.29, 0.717) is 12.2 Å². The Morgan fingerprint density at radius 2 is 1.67 bits per heavy atom. The zero-order valence-electron chi connectivity index (χ0n) is 12.8. The SMILES string of the molecule is CCN(/C=C(\C(=O)C(F)(F)F)c1ccc(Br)cc1)c1ccccc1. The number of carbonyl (C=O) groups excluding carboxylic acids is 1. The summed E-state index contributed by atoms with van der Waals surface area (Å²) in [5.41, 5.74) is 0.542. The molecule has 0 radical (unpaired) electrons. The maximum absolute atomic E-state index is 13.0. The van der Waals surface area contributed by atoms with Gasteiger partial charge in [-0.15, -0.1) is 0 Å². The average Bonchev–Trinajstić information content (AvgIpc) is 2.56. The molecule has 0 aliphatic carbocycles. The van der Waals surface area contributed by atoms with Crippen molar-refractivity contribution in [2.24, 2.45) is 0 Å². The van der Waals surface area contributed by atoms with Gasteiger partial charge in [-0.3, -0.25) is 4.79 Å². The van der Waals surface area contributed by atoms with Gasteiger partial charge in [0.05, 0.1) is 5.57 Å². The van der Waals surface area contributed by atoms with E-state index in [2.05, 4.69) is 15.9 Å². The Morgan fingerprint density at radius 3 is 2.17 bits per heavy atom. The number of para-hydroxylation sites is 1. The van der Waals surface area contributed by atoms with E-state index in [1.807, 2.05) is 6.07 Å². The Hall–Kier alpha value is -2.08. The van der Waals surface area contributed by atoms with Crippen LogP contribution in [-0.2, 0) is 4.79 Å². The van der Waals surface area contributed by atoms with E-state index < -0.39 is 12.0 Å². The second-order valence-corrected chi connectivity index (χ2v) is 5.91. The van der Waals surface area contributed by atoms with Gasteiger partial charge in [-0.1, -0.05) is 46.3 Å². The monoisotopic (exact) mass is 397 g/mol. The second-order valence-electron chi connectivity index (χ2n) is 5.00. The molecular formula is C18H15BrF3NO. The van der Waals surface area contributed by atoms with Crippen LogP contribution in [-0.4, -0.2) is 18.5 Å². The smallest absolute Gasteiger partial charge is 0.348 e. The fourth-order valence-corrected chi connectivity index (χ4v) is 2.43. The predicted molar refractivity (Wildman–Crippen MR) is 92.6 cm³/mol. The maximum atomic E-state index is 13.0. The predicted octanol–water partition coefficient (Wildman–Crippen LogP) is 5.45. The van der Waals surface area contributed by atoms with Gasteiger partial charge in [-0.05, 0) is 36.8 Å². The number of allylic oxidation sites excluding steroid dienone is 1. The van der Waals surface area contributed by atoms with E-state index in [0.717, 1.165) is 4.47 Å². The molecule has 0 fully saturated rings. The first kappa shape index (κ1) is 18.3. The summed E-state index contributed by atoms with van der Waals surface area (Å²) in [5.74, 6) is -1.86. The molecule has 2 aromatic carbocycles. The van der Waals surface area contributed by atoms with Crippen LogP contribution in [0.1, 0.15) is 12.5 Å². The molecule has 0 saturated heterocycles. The summed E-state index contributed by atoms with van der Waals surface area (Å²) in [7, 11) is 0. The number of hydrogen-bond acceptors (Lipinski definition) is 2. The summed E-state index contributed by atoms with van der Waals surface area (Å²) in [4.78, 5) is 13.5. The minimum absolute atomic E-state index is 0.218. The molecule has 0 spiro atoms. The number of halogens is 4. The highest BCUT2D eigenvalue weighted by Crippen LogP contribution is 2.29. The third-order valence-corrected chi connectivity index (χ3v) is 3.90. The van der Waals surface area contributed by atoms with Crippen LogP contribution >= 0.6 is 15.9 Å². The third-order valence-electron chi connectivity index (χ3n) is 3.37. The van der Waals surface area contributed by atoms with E-state index in [1.54, 1.807) is 48.2 Å². The van der Waals surface area contributed by atoms with E-state index >= 15 is 0 Å². The van der Waals surface area contributed by atoms with E-state index in [9.17, 15) is 18.0 Å². The second kappa shape index (κ2) is 7.66. The Morgan fingerprint density at radius 1 is 1.08 bits per heavy atom. The Balaban J connectivity index is 2.52. The highest BCUT2D eigenvalue weighted by Gasteiger charge is 2.41. The minimum Gasteiger partial charge on any atom is -0.348 e. The molecule has 24 heavy (non-hydrogen) atoms. The molecule has 0 amide bonds. The van der Waals surface area contributed by atoms with Crippen molar-refractivity contribution in [1.29, 1.82) is 0 Å². The van der Waals surface area contributed by atoms with Gasteiger partial charge < -0.3 is 4.90 Å². The molecule has 2 nitrogen and oxygen atoms in total. The van der Waals surface area contributed by atoms with Crippen LogP contribution in [0.25, 0.3) is 5.57 Å². The number of nitrogens with zero attached hydrogens (tertiary/aromatic N) is 1. The maximum Gasteiger partial charge on any atom is 0.454 e. The summed E-state index contributed by atoms with van der Waals surface area (Å²) in [6.07, 6.45) is -3.68. The molecule has 0 heterocycles. The number of benzene rings is 2. The van der Waals surface area contributed by atoms with Crippen LogP contribution in [0.2, 0.25) is 0 Å². The van der Waals surface area contributed by atoms with Crippen molar-refractivity contribution in [2.45, 2.75) is 13.1 Å². The normalized spacial score (nSPS) is 12.1. The highest BCUT2D eigenvalue weighted by molar-refractivity contribution is 9.10. The lowest BCUT2D eigenvalue weighted by Crippen LogP contribution is -2.26. The first-order valence-electron chi connectivity index (χ1n) is 7.24. The summed E-state index contributed by atoms with van der Waals surface area (Å²) >= 11 is 3.24. The fraction of sp³-hybridized carbons (Fsp3) is 0.167. The Labute approximate surface area is 146 Å². The average molecular weight is 398 g/mol.